The van der Waals surface area contributed by atoms with E-state index in [2.05, 4.69) is 10.3 Å². The standard InChI is InChI=1S/C18H20ClN3O6S/c1-11(27-2)18(24)21-16-7-6-15-17(20-16)22(9-13(10-23)28-15)29(25,26)14-5-3-4-12(19)8-14/h3-8,11,13,23H,9-10H2,1-2H3,(H,20,21,24)/t11-,13-/m1/s1. The van der Waals surface area contributed by atoms with Gasteiger partial charge in [-0.3, -0.25) is 4.79 Å². The van der Waals surface area contributed by atoms with Crippen LogP contribution < -0.4 is 14.4 Å². The molecule has 0 fully saturated rings. The molecule has 1 aliphatic rings. The lowest BCUT2D eigenvalue weighted by Gasteiger charge is -2.34. The highest BCUT2D eigenvalue weighted by atomic mass is 35.5. The van der Waals surface area contributed by atoms with Crippen LogP contribution >= 0.6 is 11.6 Å². The van der Waals surface area contributed by atoms with Gasteiger partial charge in [-0.25, -0.2) is 17.7 Å². The Kier molecular flexibility index (Phi) is 6.27. The van der Waals surface area contributed by atoms with Crippen molar-refractivity contribution in [2.75, 3.05) is 29.9 Å². The third kappa shape index (κ3) is 4.45. The number of halogens is 1. The number of amides is 1. The molecule has 2 heterocycles. The minimum Gasteiger partial charge on any atom is -0.482 e. The van der Waals surface area contributed by atoms with Crippen molar-refractivity contribution in [3.8, 4) is 5.75 Å². The predicted octanol–water partition coefficient (Wildman–Crippen LogP) is 1.66. The van der Waals surface area contributed by atoms with Crippen molar-refractivity contribution in [2.45, 2.75) is 24.0 Å². The summed E-state index contributed by atoms with van der Waals surface area (Å²) >= 11 is 5.95. The van der Waals surface area contributed by atoms with Crippen LogP contribution in [0.1, 0.15) is 6.92 Å². The molecule has 2 N–H and O–H groups in total. The normalized spacial score (nSPS) is 17.2. The van der Waals surface area contributed by atoms with Crippen molar-refractivity contribution < 1.29 is 27.8 Å². The van der Waals surface area contributed by atoms with E-state index >= 15 is 0 Å². The molecule has 0 saturated heterocycles. The van der Waals surface area contributed by atoms with Crippen LogP contribution in [0.5, 0.6) is 5.75 Å². The molecule has 2 aromatic rings. The Morgan fingerprint density at radius 1 is 1.45 bits per heavy atom. The maximum atomic E-state index is 13.2. The fraction of sp³-hybridized carbons (Fsp3) is 0.333. The van der Waals surface area contributed by atoms with Gasteiger partial charge in [0.05, 0.1) is 18.0 Å². The summed E-state index contributed by atoms with van der Waals surface area (Å²) in [6.07, 6.45) is -1.48. The van der Waals surface area contributed by atoms with Gasteiger partial charge in [0.1, 0.15) is 18.0 Å². The number of methoxy groups -OCH3 is 1. The van der Waals surface area contributed by atoms with E-state index in [1.807, 2.05) is 0 Å². The van der Waals surface area contributed by atoms with Crippen LogP contribution in [-0.4, -0.2) is 56.9 Å². The van der Waals surface area contributed by atoms with Crippen LogP contribution in [0.15, 0.2) is 41.3 Å². The number of nitrogens with one attached hydrogen (secondary N) is 1. The number of benzene rings is 1. The molecule has 0 spiro atoms. The number of ether oxygens (including phenoxy) is 2. The van der Waals surface area contributed by atoms with Crippen molar-refractivity contribution >= 4 is 39.2 Å². The van der Waals surface area contributed by atoms with Crippen LogP contribution in [0.2, 0.25) is 5.02 Å². The zero-order valence-electron chi connectivity index (χ0n) is 15.7. The number of hydrogen-bond donors (Lipinski definition) is 2. The zero-order valence-corrected chi connectivity index (χ0v) is 17.3. The monoisotopic (exact) mass is 441 g/mol. The van der Waals surface area contributed by atoms with Crippen LogP contribution in [0, 0.1) is 0 Å². The summed E-state index contributed by atoms with van der Waals surface area (Å²) in [7, 11) is -2.65. The molecule has 0 bridgehead atoms. The molecule has 1 aromatic heterocycles. The third-order valence-electron chi connectivity index (χ3n) is 4.30. The second-order valence-corrected chi connectivity index (χ2v) is 8.60. The van der Waals surface area contributed by atoms with E-state index in [4.69, 9.17) is 21.1 Å². The third-order valence-corrected chi connectivity index (χ3v) is 6.29. The van der Waals surface area contributed by atoms with Gasteiger partial charge in [-0.15, -0.1) is 0 Å². The van der Waals surface area contributed by atoms with Crippen LogP contribution in [0.25, 0.3) is 0 Å². The first-order valence-corrected chi connectivity index (χ1v) is 10.5. The number of aliphatic hydroxyl groups is 1. The highest BCUT2D eigenvalue weighted by Crippen LogP contribution is 2.36. The number of pyridine rings is 1. The maximum absolute atomic E-state index is 13.2. The fourth-order valence-electron chi connectivity index (χ4n) is 2.66. The number of anilines is 2. The average Bonchev–Trinajstić information content (AvgIpc) is 2.72. The van der Waals surface area contributed by atoms with E-state index in [-0.39, 0.29) is 40.5 Å². The van der Waals surface area contributed by atoms with Crippen molar-refractivity contribution in [1.82, 2.24) is 4.98 Å². The number of nitrogens with zero attached hydrogens (tertiary/aromatic N) is 2. The molecule has 1 aliphatic heterocycles. The Bertz CT molecular complexity index is 1020. The predicted molar refractivity (Wildman–Crippen MR) is 107 cm³/mol. The Hall–Kier alpha value is -2.40. The lowest BCUT2D eigenvalue weighted by molar-refractivity contribution is -0.124. The first-order chi connectivity index (χ1) is 13.8. The van der Waals surface area contributed by atoms with Gasteiger partial charge in [0.15, 0.2) is 11.6 Å². The molecule has 1 amide bonds. The Labute approximate surface area is 173 Å². The van der Waals surface area contributed by atoms with Gasteiger partial charge in [0, 0.05) is 12.1 Å². The lowest BCUT2D eigenvalue weighted by atomic mass is 10.3. The van der Waals surface area contributed by atoms with Crippen LogP contribution in [-0.2, 0) is 19.6 Å². The summed E-state index contributed by atoms with van der Waals surface area (Å²) in [5.41, 5.74) is 0. The molecule has 3 rings (SSSR count). The first-order valence-electron chi connectivity index (χ1n) is 8.66. The molecule has 0 aliphatic carbocycles. The highest BCUT2D eigenvalue weighted by Gasteiger charge is 2.36. The number of carbonyl (C=O) groups is 1. The van der Waals surface area contributed by atoms with Gasteiger partial charge in [0.2, 0.25) is 0 Å². The van der Waals surface area contributed by atoms with Gasteiger partial charge in [0.25, 0.3) is 15.9 Å². The lowest BCUT2D eigenvalue weighted by Crippen LogP contribution is -2.45. The molecule has 156 valence electrons. The van der Waals surface area contributed by atoms with E-state index in [0.29, 0.717) is 0 Å². The summed E-state index contributed by atoms with van der Waals surface area (Å²) < 4.78 is 38.1. The molecule has 0 unspecified atom stereocenters. The van der Waals surface area contributed by atoms with E-state index in [0.717, 1.165) is 4.31 Å². The number of aliphatic hydroxyl groups excluding tert-OH is 1. The van der Waals surface area contributed by atoms with Crippen molar-refractivity contribution in [1.29, 1.82) is 0 Å². The molecule has 0 radical (unpaired) electrons. The number of hydrogen-bond acceptors (Lipinski definition) is 7. The molecule has 2 atom stereocenters. The highest BCUT2D eigenvalue weighted by molar-refractivity contribution is 7.92. The minimum absolute atomic E-state index is 0.00227. The Balaban J connectivity index is 2.03. The number of sulfonamides is 1. The molecule has 9 nitrogen and oxygen atoms in total. The second-order valence-electron chi connectivity index (χ2n) is 6.30. The molecule has 0 saturated carbocycles. The van der Waals surface area contributed by atoms with E-state index < -0.39 is 28.1 Å². The Morgan fingerprint density at radius 2 is 2.21 bits per heavy atom. The largest absolute Gasteiger partial charge is 0.482 e. The first kappa shape index (κ1) is 21.3. The molecular weight excluding hydrogens is 422 g/mol. The fourth-order valence-corrected chi connectivity index (χ4v) is 4.42. The average molecular weight is 442 g/mol. The van der Waals surface area contributed by atoms with E-state index in [1.54, 1.807) is 13.0 Å². The summed E-state index contributed by atoms with van der Waals surface area (Å²) in [4.78, 5) is 16.3. The summed E-state index contributed by atoms with van der Waals surface area (Å²) in [6, 6.07) is 8.78. The summed E-state index contributed by atoms with van der Waals surface area (Å²) in [5.74, 6) is -0.139. The number of fused-ring (bicyclic) bond motifs is 1. The van der Waals surface area contributed by atoms with Crippen molar-refractivity contribution in [2.24, 2.45) is 0 Å². The molecule has 11 heteroatoms. The van der Waals surface area contributed by atoms with Gasteiger partial charge >= 0.3 is 0 Å². The van der Waals surface area contributed by atoms with E-state index in [9.17, 15) is 18.3 Å². The number of aromatic nitrogens is 1. The molecule has 29 heavy (non-hydrogen) atoms. The second kappa shape index (κ2) is 8.54. The van der Waals surface area contributed by atoms with Crippen LogP contribution in [0.3, 0.4) is 0 Å². The quantitative estimate of drug-likeness (QED) is 0.699. The maximum Gasteiger partial charge on any atom is 0.265 e. The summed E-state index contributed by atoms with van der Waals surface area (Å²) in [6.45, 7) is 1.03. The van der Waals surface area contributed by atoms with Gasteiger partial charge in [-0.05, 0) is 37.3 Å². The smallest absolute Gasteiger partial charge is 0.265 e. The van der Waals surface area contributed by atoms with E-state index in [1.165, 1.54) is 37.4 Å². The molecule has 1 aromatic carbocycles. The zero-order chi connectivity index (χ0) is 21.2. The minimum atomic E-state index is -4.05. The Morgan fingerprint density at radius 3 is 2.86 bits per heavy atom. The van der Waals surface area contributed by atoms with Gasteiger partial charge in [-0.1, -0.05) is 17.7 Å². The topological polar surface area (TPSA) is 118 Å². The number of rotatable bonds is 6. The SMILES string of the molecule is CO[C@H](C)C(=O)Nc1ccc2c(n1)N(S(=O)(=O)c1cccc(Cl)c1)C[C@H](CO)O2. The molecular formula is C18H20ClN3O6S. The van der Waals surface area contributed by atoms with Gasteiger partial charge < -0.3 is 19.9 Å². The van der Waals surface area contributed by atoms with Crippen molar-refractivity contribution in [3.63, 3.8) is 0 Å². The van der Waals surface area contributed by atoms with Crippen LogP contribution in [0.4, 0.5) is 11.6 Å². The van der Waals surface area contributed by atoms with Crippen molar-refractivity contribution in [3.05, 3.63) is 41.4 Å². The number of carbonyl (C=O) groups excluding carboxylic acids is 1. The van der Waals surface area contributed by atoms with Gasteiger partial charge in [-0.2, -0.15) is 0 Å². The summed E-state index contributed by atoms with van der Waals surface area (Å²) in [5, 5.41) is 12.3.